The lowest BCUT2D eigenvalue weighted by molar-refractivity contribution is 0.0601. The van der Waals surface area contributed by atoms with Crippen LogP contribution in [0.3, 0.4) is 0 Å². The van der Waals surface area contributed by atoms with Crippen molar-refractivity contribution in [1.82, 2.24) is 0 Å². The number of rotatable bonds is 5. The third-order valence-electron chi connectivity index (χ3n) is 2.10. The largest absolute Gasteiger partial charge is 0.465 e. The maximum Gasteiger partial charge on any atom is 0.337 e. The normalized spacial score (nSPS) is 8.63. The molecule has 0 aliphatic rings. The molecule has 0 bridgehead atoms. The summed E-state index contributed by atoms with van der Waals surface area (Å²) in [5.41, 5.74) is 7.52. The molecule has 0 fully saturated rings. The molecule has 0 saturated heterocycles. The number of hydrogen-bond acceptors (Lipinski definition) is 5. The minimum absolute atomic E-state index is 0. The fourth-order valence-corrected chi connectivity index (χ4v) is 1.24. The van der Waals surface area contributed by atoms with Crippen LogP contribution in [0.5, 0.6) is 0 Å². The van der Waals surface area contributed by atoms with Gasteiger partial charge in [-0.05, 0) is 18.2 Å². The van der Waals surface area contributed by atoms with Gasteiger partial charge in [0.05, 0.1) is 30.7 Å². The van der Waals surface area contributed by atoms with Crippen molar-refractivity contribution in [3.05, 3.63) is 23.8 Å². The van der Waals surface area contributed by atoms with Crippen LogP contribution in [0, 0.1) is 0 Å². The minimum atomic E-state index is -0.380. The summed E-state index contributed by atoms with van der Waals surface area (Å²) in [7, 11) is 2.96. The summed E-state index contributed by atoms with van der Waals surface area (Å²) in [6, 6.07) is 4.96. The zero-order valence-corrected chi connectivity index (χ0v) is 11.4. The minimum Gasteiger partial charge on any atom is -0.465 e. The monoisotopic (exact) mass is 270 g/mol. The van der Waals surface area contributed by atoms with Crippen LogP contribution in [0.1, 0.15) is 31.6 Å². The van der Waals surface area contributed by atoms with E-state index in [4.69, 9.17) is 10.5 Å². The predicted octanol–water partition coefficient (Wildman–Crippen LogP) is 2.78. The quantitative estimate of drug-likeness (QED) is 0.489. The maximum atomic E-state index is 11.3. The van der Waals surface area contributed by atoms with Crippen molar-refractivity contribution in [2.75, 3.05) is 38.4 Å². The number of nitrogens with two attached hydrogens (primary N) is 1. The Kier molecular flexibility index (Phi) is 11.7. The van der Waals surface area contributed by atoms with Crippen LogP contribution in [0.4, 0.5) is 11.4 Å². The number of carbonyl (C=O) groups excluding carboxylic acids is 1. The SMILES string of the molecule is C.CC.COCCNc1cc(C(=O)OC)ccc1N. The Morgan fingerprint density at radius 1 is 1.32 bits per heavy atom. The first kappa shape index (κ1) is 19.6. The van der Waals surface area contributed by atoms with E-state index in [0.29, 0.717) is 30.1 Å². The molecule has 1 aromatic carbocycles. The third-order valence-corrected chi connectivity index (χ3v) is 2.10. The molecule has 0 unspecified atom stereocenters. The first-order chi connectivity index (χ1) is 8.69. The second-order valence-corrected chi connectivity index (χ2v) is 3.21. The lowest BCUT2D eigenvalue weighted by Crippen LogP contribution is -2.10. The number of carbonyl (C=O) groups is 1. The molecule has 1 aromatic rings. The second kappa shape index (κ2) is 11.3. The van der Waals surface area contributed by atoms with Crippen molar-refractivity contribution < 1.29 is 14.3 Å². The molecule has 0 radical (unpaired) electrons. The average molecular weight is 270 g/mol. The fourth-order valence-electron chi connectivity index (χ4n) is 1.24. The molecule has 0 spiro atoms. The molecular formula is C14H26N2O3. The van der Waals surface area contributed by atoms with Gasteiger partial charge in [-0.2, -0.15) is 0 Å². The molecular weight excluding hydrogens is 244 g/mol. The van der Waals surface area contributed by atoms with Crippen LogP contribution >= 0.6 is 0 Å². The van der Waals surface area contributed by atoms with E-state index in [1.54, 1.807) is 25.3 Å². The first-order valence-corrected chi connectivity index (χ1v) is 5.89. The molecule has 0 atom stereocenters. The van der Waals surface area contributed by atoms with Gasteiger partial charge in [-0.3, -0.25) is 0 Å². The molecule has 110 valence electrons. The second-order valence-electron chi connectivity index (χ2n) is 3.21. The van der Waals surface area contributed by atoms with Crippen LogP contribution in [0.2, 0.25) is 0 Å². The lowest BCUT2D eigenvalue weighted by Gasteiger charge is -2.10. The first-order valence-electron chi connectivity index (χ1n) is 5.89. The Hall–Kier alpha value is -1.75. The summed E-state index contributed by atoms with van der Waals surface area (Å²) in [6.45, 7) is 5.20. The van der Waals surface area contributed by atoms with Crippen molar-refractivity contribution in [3.63, 3.8) is 0 Å². The molecule has 0 saturated carbocycles. The van der Waals surface area contributed by atoms with Crippen LogP contribution in [-0.4, -0.2) is 33.3 Å². The summed E-state index contributed by atoms with van der Waals surface area (Å²) in [6.07, 6.45) is 0. The van der Waals surface area contributed by atoms with Crippen molar-refractivity contribution >= 4 is 17.3 Å². The van der Waals surface area contributed by atoms with Gasteiger partial charge in [-0.1, -0.05) is 21.3 Å². The van der Waals surface area contributed by atoms with Gasteiger partial charge in [0, 0.05) is 13.7 Å². The summed E-state index contributed by atoms with van der Waals surface area (Å²) >= 11 is 0. The Labute approximate surface area is 116 Å². The summed E-state index contributed by atoms with van der Waals surface area (Å²) < 4.78 is 9.53. The molecule has 0 aliphatic carbocycles. The standard InChI is InChI=1S/C11H16N2O3.C2H6.CH4/c1-15-6-5-13-10-7-8(11(14)16-2)3-4-9(10)12;1-2;/h3-4,7,13H,5-6,12H2,1-2H3;1-2H3;1H4. The highest BCUT2D eigenvalue weighted by molar-refractivity contribution is 5.91. The van der Waals surface area contributed by atoms with E-state index in [1.165, 1.54) is 7.11 Å². The highest BCUT2D eigenvalue weighted by Gasteiger charge is 2.07. The summed E-state index contributed by atoms with van der Waals surface area (Å²) in [5, 5.41) is 3.08. The fraction of sp³-hybridized carbons (Fsp3) is 0.500. The van der Waals surface area contributed by atoms with E-state index in [1.807, 2.05) is 13.8 Å². The number of nitrogen functional groups attached to an aromatic ring is 1. The van der Waals surface area contributed by atoms with E-state index in [0.717, 1.165) is 0 Å². The molecule has 19 heavy (non-hydrogen) atoms. The summed E-state index contributed by atoms with van der Waals surface area (Å²) in [4.78, 5) is 11.3. The smallest absolute Gasteiger partial charge is 0.337 e. The number of nitrogens with one attached hydrogen (secondary N) is 1. The van der Waals surface area contributed by atoms with E-state index >= 15 is 0 Å². The number of ether oxygens (including phenoxy) is 2. The molecule has 0 amide bonds. The Morgan fingerprint density at radius 2 is 1.95 bits per heavy atom. The Bertz CT molecular complexity index is 368. The van der Waals surface area contributed by atoms with E-state index in [-0.39, 0.29) is 13.4 Å². The number of benzene rings is 1. The highest BCUT2D eigenvalue weighted by Crippen LogP contribution is 2.20. The highest BCUT2D eigenvalue weighted by atomic mass is 16.5. The Morgan fingerprint density at radius 3 is 2.47 bits per heavy atom. The van der Waals surface area contributed by atoms with Gasteiger partial charge in [0.2, 0.25) is 0 Å². The van der Waals surface area contributed by atoms with E-state index < -0.39 is 0 Å². The van der Waals surface area contributed by atoms with Crippen LogP contribution in [-0.2, 0) is 9.47 Å². The molecule has 0 heterocycles. The van der Waals surface area contributed by atoms with Gasteiger partial charge in [0.1, 0.15) is 0 Å². The van der Waals surface area contributed by atoms with E-state index in [2.05, 4.69) is 10.1 Å². The molecule has 1 rings (SSSR count). The van der Waals surface area contributed by atoms with Crippen molar-refractivity contribution in [3.8, 4) is 0 Å². The number of methoxy groups -OCH3 is 2. The molecule has 3 N–H and O–H groups in total. The van der Waals surface area contributed by atoms with Crippen LogP contribution < -0.4 is 11.1 Å². The predicted molar refractivity (Wildman–Crippen MR) is 80.6 cm³/mol. The van der Waals surface area contributed by atoms with Gasteiger partial charge in [-0.15, -0.1) is 0 Å². The number of hydrogen-bond donors (Lipinski definition) is 2. The van der Waals surface area contributed by atoms with Gasteiger partial charge in [-0.25, -0.2) is 4.79 Å². The van der Waals surface area contributed by atoms with Gasteiger partial charge < -0.3 is 20.5 Å². The van der Waals surface area contributed by atoms with Gasteiger partial charge in [0.15, 0.2) is 0 Å². The van der Waals surface area contributed by atoms with Crippen molar-refractivity contribution in [2.24, 2.45) is 0 Å². The number of anilines is 2. The topological polar surface area (TPSA) is 73.6 Å². The third kappa shape index (κ3) is 6.67. The molecule has 0 aromatic heterocycles. The van der Waals surface area contributed by atoms with E-state index in [9.17, 15) is 4.79 Å². The molecule has 5 nitrogen and oxygen atoms in total. The zero-order chi connectivity index (χ0) is 14.0. The van der Waals surface area contributed by atoms with Gasteiger partial charge >= 0.3 is 5.97 Å². The maximum absolute atomic E-state index is 11.3. The summed E-state index contributed by atoms with van der Waals surface area (Å²) in [5.74, 6) is -0.380. The van der Waals surface area contributed by atoms with Crippen molar-refractivity contribution in [2.45, 2.75) is 21.3 Å². The van der Waals surface area contributed by atoms with Crippen LogP contribution in [0.25, 0.3) is 0 Å². The molecule has 5 heteroatoms. The number of esters is 1. The zero-order valence-electron chi connectivity index (χ0n) is 11.4. The van der Waals surface area contributed by atoms with Gasteiger partial charge in [0.25, 0.3) is 0 Å². The average Bonchev–Trinajstić information content (AvgIpc) is 2.42. The molecule has 0 aliphatic heterocycles. The Balaban J connectivity index is 0. The lowest BCUT2D eigenvalue weighted by atomic mass is 10.1. The van der Waals surface area contributed by atoms with Crippen molar-refractivity contribution in [1.29, 1.82) is 0 Å². The van der Waals surface area contributed by atoms with Crippen LogP contribution in [0.15, 0.2) is 18.2 Å².